The summed E-state index contributed by atoms with van der Waals surface area (Å²) in [6.07, 6.45) is 3.04. The number of carbonyl (C=O) groups excluding carboxylic acids is 2. The van der Waals surface area contributed by atoms with Gasteiger partial charge in [0.05, 0.1) is 5.71 Å². The fourth-order valence-electron chi connectivity index (χ4n) is 3.94. The van der Waals surface area contributed by atoms with E-state index in [4.69, 9.17) is 16.0 Å². The average molecular weight is 450 g/mol. The highest BCUT2D eigenvalue weighted by atomic mass is 35.5. The molecule has 2 N–H and O–H groups in total. The SMILES string of the molecule is CCc1ccccc1NC(=O)c1oc2c(c1C)/C(=N/NC(=O)c1cccc(Cl)c1)CCC2. The van der Waals surface area contributed by atoms with Crippen molar-refractivity contribution in [3.05, 3.63) is 87.3 Å². The molecule has 0 saturated heterocycles. The third kappa shape index (κ3) is 4.46. The van der Waals surface area contributed by atoms with Gasteiger partial charge in [-0.25, -0.2) is 5.43 Å². The molecule has 3 aromatic rings. The Morgan fingerprint density at radius 1 is 1.09 bits per heavy atom. The molecule has 2 amide bonds. The summed E-state index contributed by atoms with van der Waals surface area (Å²) in [4.78, 5) is 25.4. The number of furan rings is 1. The summed E-state index contributed by atoms with van der Waals surface area (Å²) in [7, 11) is 0. The van der Waals surface area contributed by atoms with E-state index in [0.717, 1.165) is 47.4 Å². The minimum atomic E-state index is -0.345. The molecule has 1 aliphatic rings. The molecule has 32 heavy (non-hydrogen) atoms. The van der Waals surface area contributed by atoms with Gasteiger partial charge in [-0.15, -0.1) is 0 Å². The lowest BCUT2D eigenvalue weighted by Crippen LogP contribution is -2.22. The maximum absolute atomic E-state index is 13.0. The van der Waals surface area contributed by atoms with E-state index in [1.54, 1.807) is 24.3 Å². The Morgan fingerprint density at radius 2 is 1.91 bits per heavy atom. The summed E-state index contributed by atoms with van der Waals surface area (Å²) in [5.41, 5.74) is 7.09. The van der Waals surface area contributed by atoms with Crippen molar-refractivity contribution in [3.8, 4) is 0 Å². The van der Waals surface area contributed by atoms with E-state index in [0.29, 0.717) is 22.7 Å². The average Bonchev–Trinajstić information content (AvgIpc) is 3.15. The Labute approximate surface area is 191 Å². The number of hydrogen-bond donors (Lipinski definition) is 2. The van der Waals surface area contributed by atoms with Gasteiger partial charge in [0.25, 0.3) is 11.8 Å². The summed E-state index contributed by atoms with van der Waals surface area (Å²) in [5, 5.41) is 7.81. The van der Waals surface area contributed by atoms with Gasteiger partial charge >= 0.3 is 0 Å². The molecule has 0 fully saturated rings. The van der Waals surface area contributed by atoms with E-state index < -0.39 is 0 Å². The molecule has 1 aliphatic carbocycles. The van der Waals surface area contributed by atoms with E-state index in [1.165, 1.54) is 0 Å². The van der Waals surface area contributed by atoms with Crippen LogP contribution in [-0.2, 0) is 12.8 Å². The second kappa shape index (κ2) is 9.40. The van der Waals surface area contributed by atoms with Crippen LogP contribution in [0.15, 0.2) is 58.0 Å². The Kier molecular flexibility index (Phi) is 6.42. The Morgan fingerprint density at radius 3 is 2.69 bits per heavy atom. The van der Waals surface area contributed by atoms with Crippen molar-refractivity contribution in [2.45, 2.75) is 39.5 Å². The quantitative estimate of drug-likeness (QED) is 0.502. The summed E-state index contributed by atoms with van der Waals surface area (Å²) in [6.45, 7) is 3.89. The van der Waals surface area contributed by atoms with Gasteiger partial charge in [-0.3, -0.25) is 9.59 Å². The first-order valence-electron chi connectivity index (χ1n) is 10.6. The number of anilines is 1. The third-order valence-corrected chi connectivity index (χ3v) is 5.79. The number of hydrogen-bond acceptors (Lipinski definition) is 4. The zero-order valence-corrected chi connectivity index (χ0v) is 18.8. The molecule has 1 aromatic heterocycles. The lowest BCUT2D eigenvalue weighted by atomic mass is 9.93. The summed E-state index contributed by atoms with van der Waals surface area (Å²) >= 11 is 5.97. The smallest absolute Gasteiger partial charge is 0.291 e. The van der Waals surface area contributed by atoms with Crippen LogP contribution in [-0.4, -0.2) is 17.5 Å². The number of carbonyl (C=O) groups is 2. The van der Waals surface area contributed by atoms with Crippen molar-refractivity contribution in [3.63, 3.8) is 0 Å². The van der Waals surface area contributed by atoms with Crippen molar-refractivity contribution in [1.29, 1.82) is 0 Å². The van der Waals surface area contributed by atoms with Crippen molar-refractivity contribution in [2.75, 3.05) is 5.32 Å². The monoisotopic (exact) mass is 449 g/mol. The molecule has 0 radical (unpaired) electrons. The van der Waals surface area contributed by atoms with Crippen molar-refractivity contribution >= 4 is 34.8 Å². The van der Waals surface area contributed by atoms with E-state index in [2.05, 4.69) is 15.8 Å². The van der Waals surface area contributed by atoms with Gasteiger partial charge in [-0.1, -0.05) is 42.8 Å². The number of benzene rings is 2. The van der Waals surface area contributed by atoms with Crippen LogP contribution in [0.2, 0.25) is 5.02 Å². The molecule has 164 valence electrons. The van der Waals surface area contributed by atoms with Crippen molar-refractivity contribution < 1.29 is 14.0 Å². The van der Waals surface area contributed by atoms with E-state index in [9.17, 15) is 9.59 Å². The van der Waals surface area contributed by atoms with Crippen LogP contribution in [0.5, 0.6) is 0 Å². The highest BCUT2D eigenvalue weighted by Crippen LogP contribution is 2.30. The highest BCUT2D eigenvalue weighted by molar-refractivity contribution is 6.31. The van der Waals surface area contributed by atoms with Gasteiger partial charge in [0.1, 0.15) is 5.76 Å². The van der Waals surface area contributed by atoms with Gasteiger partial charge in [0.2, 0.25) is 0 Å². The summed E-state index contributed by atoms with van der Waals surface area (Å²) in [5.74, 6) is 0.359. The first kappa shape index (κ1) is 21.8. The number of fused-ring (bicyclic) bond motifs is 1. The molecule has 0 bridgehead atoms. The minimum absolute atomic E-state index is 0.275. The van der Waals surface area contributed by atoms with E-state index in [-0.39, 0.29) is 17.6 Å². The van der Waals surface area contributed by atoms with Gasteiger partial charge in [0, 0.05) is 33.8 Å². The van der Waals surface area contributed by atoms with Gasteiger partial charge in [-0.2, -0.15) is 5.10 Å². The Balaban J connectivity index is 1.58. The minimum Gasteiger partial charge on any atom is -0.455 e. The Bertz CT molecular complexity index is 1210. The molecule has 4 rings (SSSR count). The van der Waals surface area contributed by atoms with Crippen LogP contribution in [0, 0.1) is 6.92 Å². The molecule has 0 saturated carbocycles. The number of para-hydroxylation sites is 1. The molecular formula is C25H24ClN3O3. The molecule has 1 heterocycles. The fourth-order valence-corrected chi connectivity index (χ4v) is 4.13. The van der Waals surface area contributed by atoms with Crippen molar-refractivity contribution in [2.24, 2.45) is 5.10 Å². The van der Waals surface area contributed by atoms with Gasteiger partial charge in [0.15, 0.2) is 5.76 Å². The largest absolute Gasteiger partial charge is 0.455 e. The number of aryl methyl sites for hydroxylation is 2. The molecule has 2 aromatic carbocycles. The number of nitrogens with one attached hydrogen (secondary N) is 2. The van der Waals surface area contributed by atoms with Gasteiger partial charge in [-0.05, 0) is 56.0 Å². The first-order valence-corrected chi connectivity index (χ1v) is 11.0. The predicted octanol–water partition coefficient (Wildman–Crippen LogP) is 5.53. The van der Waals surface area contributed by atoms with Crippen LogP contribution in [0.1, 0.15) is 63.1 Å². The van der Waals surface area contributed by atoms with Crippen LogP contribution in [0.4, 0.5) is 5.69 Å². The second-order valence-corrected chi connectivity index (χ2v) is 8.12. The van der Waals surface area contributed by atoms with Crippen LogP contribution in [0.3, 0.4) is 0 Å². The number of rotatable bonds is 5. The summed E-state index contributed by atoms with van der Waals surface area (Å²) < 4.78 is 5.96. The molecular weight excluding hydrogens is 426 g/mol. The zero-order chi connectivity index (χ0) is 22.7. The third-order valence-electron chi connectivity index (χ3n) is 5.56. The number of halogens is 1. The molecule has 0 atom stereocenters. The lowest BCUT2D eigenvalue weighted by Gasteiger charge is -2.13. The molecule has 6 nitrogen and oxygen atoms in total. The highest BCUT2D eigenvalue weighted by Gasteiger charge is 2.28. The zero-order valence-electron chi connectivity index (χ0n) is 18.0. The predicted molar refractivity (Wildman–Crippen MR) is 126 cm³/mol. The second-order valence-electron chi connectivity index (χ2n) is 7.68. The fraction of sp³-hybridized carbons (Fsp3) is 0.240. The van der Waals surface area contributed by atoms with Crippen molar-refractivity contribution in [1.82, 2.24) is 5.43 Å². The topological polar surface area (TPSA) is 83.7 Å². The normalized spacial score (nSPS) is 14.2. The number of hydrazone groups is 1. The Hall–Kier alpha value is -3.38. The lowest BCUT2D eigenvalue weighted by molar-refractivity contribution is 0.0953. The molecule has 7 heteroatoms. The van der Waals surface area contributed by atoms with E-state index >= 15 is 0 Å². The van der Waals surface area contributed by atoms with Crippen LogP contribution < -0.4 is 10.7 Å². The van der Waals surface area contributed by atoms with Crippen LogP contribution in [0.25, 0.3) is 0 Å². The molecule has 0 spiro atoms. The molecule has 0 aliphatic heterocycles. The maximum atomic E-state index is 13.0. The summed E-state index contributed by atoms with van der Waals surface area (Å²) in [6, 6.07) is 14.4. The van der Waals surface area contributed by atoms with E-state index in [1.807, 2.05) is 38.1 Å². The maximum Gasteiger partial charge on any atom is 0.291 e. The van der Waals surface area contributed by atoms with Crippen LogP contribution >= 0.6 is 11.6 Å². The first-order chi connectivity index (χ1) is 15.5. The van der Waals surface area contributed by atoms with Gasteiger partial charge < -0.3 is 9.73 Å². The number of amides is 2. The number of nitrogens with zero attached hydrogens (tertiary/aromatic N) is 1. The molecule has 0 unspecified atom stereocenters. The standard InChI is InChI=1S/C25H24ClN3O3/c1-3-16-8-4-5-11-19(16)27-25(31)23-15(2)22-20(12-7-13-21(22)32-23)28-29-24(30)17-9-6-10-18(26)14-17/h4-6,8-11,14H,3,7,12-13H2,1-2H3,(H,27,31)(H,29,30)/b28-20+.